The molecule has 0 aromatic carbocycles. The highest BCUT2D eigenvalue weighted by Gasteiger charge is 2.33. The molecule has 0 heterocycles. The number of ether oxygens (including phenoxy) is 2. The van der Waals surface area contributed by atoms with Crippen molar-refractivity contribution in [3.63, 3.8) is 0 Å². The molecule has 0 spiro atoms. The maximum atomic E-state index is 11.8. The lowest BCUT2D eigenvalue weighted by atomic mass is 9.72. The Labute approximate surface area is 133 Å². The van der Waals surface area contributed by atoms with Gasteiger partial charge in [-0.25, -0.2) is 0 Å². The van der Waals surface area contributed by atoms with Crippen LogP contribution in [0.2, 0.25) is 0 Å². The van der Waals surface area contributed by atoms with Crippen LogP contribution < -0.4 is 0 Å². The fourth-order valence-corrected chi connectivity index (χ4v) is 3.15. The van der Waals surface area contributed by atoms with Crippen molar-refractivity contribution in [2.24, 2.45) is 17.3 Å². The van der Waals surface area contributed by atoms with E-state index in [1.165, 1.54) is 31.8 Å². The molecule has 0 bridgehead atoms. The van der Waals surface area contributed by atoms with Gasteiger partial charge in [-0.15, -0.1) is 0 Å². The number of carbonyl (C=O) groups is 2. The van der Waals surface area contributed by atoms with Crippen LogP contribution in [0.1, 0.15) is 47.0 Å². The molecule has 0 aliphatic heterocycles. The van der Waals surface area contributed by atoms with E-state index in [-0.39, 0.29) is 11.3 Å². The van der Waals surface area contributed by atoms with Gasteiger partial charge in [-0.3, -0.25) is 9.59 Å². The van der Waals surface area contributed by atoms with Crippen molar-refractivity contribution in [1.29, 1.82) is 0 Å². The van der Waals surface area contributed by atoms with Gasteiger partial charge < -0.3 is 9.47 Å². The van der Waals surface area contributed by atoms with Crippen molar-refractivity contribution < 1.29 is 19.1 Å². The average Bonchev–Trinajstić information content (AvgIpc) is 2.45. The zero-order valence-electron chi connectivity index (χ0n) is 14.6. The summed E-state index contributed by atoms with van der Waals surface area (Å²) < 4.78 is 9.45. The van der Waals surface area contributed by atoms with E-state index in [9.17, 15) is 9.59 Å². The van der Waals surface area contributed by atoms with Crippen LogP contribution in [0.4, 0.5) is 0 Å². The predicted molar refractivity (Wildman–Crippen MR) is 86.2 cm³/mol. The number of methoxy groups -OCH3 is 2. The summed E-state index contributed by atoms with van der Waals surface area (Å²) in [7, 11) is 2.57. The second kappa shape index (κ2) is 7.61. The van der Waals surface area contributed by atoms with Gasteiger partial charge in [0.1, 0.15) is 0 Å². The first-order valence-corrected chi connectivity index (χ1v) is 7.78. The Hall–Kier alpha value is -1.58. The van der Waals surface area contributed by atoms with Gasteiger partial charge in [0.2, 0.25) is 0 Å². The van der Waals surface area contributed by atoms with Gasteiger partial charge in [-0.2, -0.15) is 0 Å². The topological polar surface area (TPSA) is 52.6 Å². The van der Waals surface area contributed by atoms with Crippen LogP contribution in [0.25, 0.3) is 0 Å². The summed E-state index contributed by atoms with van der Waals surface area (Å²) in [6.45, 7) is 8.46. The molecule has 0 saturated carbocycles. The van der Waals surface area contributed by atoms with Gasteiger partial charge in [-0.05, 0) is 43.1 Å². The third-order valence-corrected chi connectivity index (χ3v) is 4.54. The van der Waals surface area contributed by atoms with Crippen LogP contribution in [0, 0.1) is 17.3 Å². The van der Waals surface area contributed by atoms with Crippen molar-refractivity contribution in [1.82, 2.24) is 0 Å². The standard InChI is InChI=1S/C18H28O4/c1-12-8-7-11-18(3,4)14(12)10-9-13(2)15(16(19)21-5)17(20)22-6/h9-10,13,15H,7-8,11H2,1-6H3/b10-9+/t13-/m0/s1. The van der Waals surface area contributed by atoms with Crippen LogP contribution in [0.5, 0.6) is 0 Å². The van der Waals surface area contributed by atoms with Gasteiger partial charge in [0.15, 0.2) is 5.92 Å². The highest BCUT2D eigenvalue weighted by Crippen LogP contribution is 2.41. The number of hydrogen-bond donors (Lipinski definition) is 0. The number of carbonyl (C=O) groups excluding carboxylic acids is 2. The molecular formula is C18H28O4. The van der Waals surface area contributed by atoms with E-state index in [0.29, 0.717) is 0 Å². The number of allylic oxidation sites excluding steroid dienone is 4. The van der Waals surface area contributed by atoms with Crippen LogP contribution >= 0.6 is 0 Å². The SMILES string of the molecule is COC(=O)C(C(=O)OC)[C@@H](C)/C=C/C1=C(C)CCCC1(C)C. The molecule has 1 atom stereocenters. The fourth-order valence-electron chi connectivity index (χ4n) is 3.15. The minimum atomic E-state index is -0.918. The third-order valence-electron chi connectivity index (χ3n) is 4.54. The second-order valence-corrected chi connectivity index (χ2v) is 6.67. The number of rotatable bonds is 5. The summed E-state index contributed by atoms with van der Waals surface area (Å²) in [6, 6.07) is 0. The zero-order valence-corrected chi connectivity index (χ0v) is 14.6. The third kappa shape index (κ3) is 4.21. The van der Waals surface area contributed by atoms with Crippen molar-refractivity contribution in [3.8, 4) is 0 Å². The minimum Gasteiger partial charge on any atom is -0.468 e. The quantitative estimate of drug-likeness (QED) is 0.574. The monoisotopic (exact) mass is 308 g/mol. The molecule has 0 saturated heterocycles. The summed E-state index contributed by atoms with van der Waals surface area (Å²) in [5.41, 5.74) is 2.82. The van der Waals surface area contributed by atoms with Crippen molar-refractivity contribution in [2.45, 2.75) is 47.0 Å². The normalized spacial score (nSPS) is 19.4. The summed E-state index contributed by atoms with van der Waals surface area (Å²) >= 11 is 0. The fraction of sp³-hybridized carbons (Fsp3) is 0.667. The Morgan fingerprint density at radius 1 is 1.18 bits per heavy atom. The first-order valence-electron chi connectivity index (χ1n) is 7.78. The molecule has 4 heteroatoms. The van der Waals surface area contributed by atoms with E-state index in [2.05, 4.69) is 26.8 Å². The first-order chi connectivity index (χ1) is 10.2. The highest BCUT2D eigenvalue weighted by molar-refractivity contribution is 5.95. The smallest absolute Gasteiger partial charge is 0.320 e. The van der Waals surface area contributed by atoms with Crippen LogP contribution in [0.3, 0.4) is 0 Å². The Kier molecular flexibility index (Phi) is 6.39. The molecular weight excluding hydrogens is 280 g/mol. The molecule has 124 valence electrons. The number of hydrogen-bond acceptors (Lipinski definition) is 4. The molecule has 1 rings (SSSR count). The Morgan fingerprint density at radius 3 is 2.18 bits per heavy atom. The Balaban J connectivity index is 3.00. The molecule has 1 aliphatic carbocycles. The van der Waals surface area contributed by atoms with Crippen LogP contribution in [-0.2, 0) is 19.1 Å². The Morgan fingerprint density at radius 2 is 1.73 bits per heavy atom. The lowest BCUT2D eigenvalue weighted by molar-refractivity contribution is -0.160. The van der Waals surface area contributed by atoms with E-state index in [1.807, 2.05) is 13.0 Å². The van der Waals surface area contributed by atoms with Crippen molar-refractivity contribution in [3.05, 3.63) is 23.3 Å². The number of esters is 2. The molecule has 0 radical (unpaired) electrons. The maximum Gasteiger partial charge on any atom is 0.320 e. The lowest BCUT2D eigenvalue weighted by Gasteiger charge is -2.33. The molecule has 0 fully saturated rings. The van der Waals surface area contributed by atoms with Gasteiger partial charge in [-0.1, -0.05) is 38.5 Å². The first kappa shape index (κ1) is 18.5. The van der Waals surface area contributed by atoms with E-state index in [4.69, 9.17) is 9.47 Å². The highest BCUT2D eigenvalue weighted by atomic mass is 16.5. The minimum absolute atomic E-state index is 0.130. The molecule has 0 N–H and O–H groups in total. The zero-order chi connectivity index (χ0) is 16.9. The largest absolute Gasteiger partial charge is 0.468 e. The van der Waals surface area contributed by atoms with E-state index >= 15 is 0 Å². The molecule has 0 aromatic rings. The summed E-state index contributed by atoms with van der Waals surface area (Å²) in [5.74, 6) is -2.31. The molecule has 4 nitrogen and oxygen atoms in total. The van der Waals surface area contributed by atoms with Crippen LogP contribution in [0.15, 0.2) is 23.3 Å². The molecule has 1 aliphatic rings. The van der Waals surface area contributed by atoms with Crippen LogP contribution in [-0.4, -0.2) is 26.2 Å². The van der Waals surface area contributed by atoms with Crippen molar-refractivity contribution >= 4 is 11.9 Å². The maximum absolute atomic E-state index is 11.8. The lowest BCUT2D eigenvalue weighted by Crippen LogP contribution is -2.31. The van der Waals surface area contributed by atoms with Gasteiger partial charge in [0.25, 0.3) is 0 Å². The summed E-state index contributed by atoms with van der Waals surface area (Å²) in [6.07, 6.45) is 7.45. The average molecular weight is 308 g/mol. The molecule has 22 heavy (non-hydrogen) atoms. The van der Waals surface area contributed by atoms with Gasteiger partial charge in [0.05, 0.1) is 14.2 Å². The molecule has 0 amide bonds. The second-order valence-electron chi connectivity index (χ2n) is 6.67. The summed E-state index contributed by atoms with van der Waals surface area (Å²) in [5, 5.41) is 0. The van der Waals surface area contributed by atoms with Gasteiger partial charge in [0, 0.05) is 0 Å². The molecule has 0 aromatic heterocycles. The molecule has 0 unspecified atom stereocenters. The van der Waals surface area contributed by atoms with Crippen molar-refractivity contribution in [2.75, 3.05) is 14.2 Å². The van der Waals surface area contributed by atoms with E-state index in [0.717, 1.165) is 12.8 Å². The Bertz CT molecular complexity index is 469. The summed E-state index contributed by atoms with van der Waals surface area (Å²) in [4.78, 5) is 23.7. The van der Waals surface area contributed by atoms with E-state index < -0.39 is 17.9 Å². The van der Waals surface area contributed by atoms with E-state index in [1.54, 1.807) is 0 Å². The predicted octanol–water partition coefficient (Wildman–Crippen LogP) is 3.67. The van der Waals surface area contributed by atoms with Gasteiger partial charge >= 0.3 is 11.9 Å².